The minimum Gasteiger partial charge on any atom is -0.461 e. The molecular formula is C18H14BrCl2NO2. The Morgan fingerprint density at radius 3 is 2.67 bits per heavy atom. The molecule has 3 aromatic rings. The van der Waals surface area contributed by atoms with Crippen LogP contribution in [0.1, 0.15) is 23.0 Å². The highest BCUT2D eigenvalue weighted by molar-refractivity contribution is 9.10. The number of hydrogen-bond acceptors (Lipinski definition) is 2. The van der Waals surface area contributed by atoms with Crippen molar-refractivity contribution in [3.05, 3.63) is 68.2 Å². The molecule has 124 valence electrons. The Morgan fingerprint density at radius 1 is 1.17 bits per heavy atom. The summed E-state index contributed by atoms with van der Waals surface area (Å²) in [4.78, 5) is 12.4. The highest BCUT2D eigenvalue weighted by Crippen LogP contribution is 2.29. The van der Waals surface area contributed by atoms with Crippen molar-refractivity contribution in [1.29, 1.82) is 0 Å². The number of hydrogen-bond donors (Lipinski definition) is 0. The van der Waals surface area contributed by atoms with Crippen LogP contribution in [-0.2, 0) is 11.3 Å². The molecular weight excluding hydrogens is 413 g/mol. The smallest absolute Gasteiger partial charge is 0.354 e. The van der Waals surface area contributed by atoms with Crippen molar-refractivity contribution < 1.29 is 9.53 Å². The lowest BCUT2D eigenvalue weighted by Gasteiger charge is -2.11. The molecule has 0 fully saturated rings. The second-order valence-corrected chi connectivity index (χ2v) is 6.93. The van der Waals surface area contributed by atoms with Gasteiger partial charge in [-0.25, -0.2) is 4.79 Å². The number of carbonyl (C=O) groups excluding carboxylic acids is 1. The van der Waals surface area contributed by atoms with E-state index in [0.29, 0.717) is 28.9 Å². The highest BCUT2D eigenvalue weighted by atomic mass is 79.9. The minimum atomic E-state index is -0.347. The molecule has 0 amide bonds. The molecule has 0 aliphatic carbocycles. The fourth-order valence-electron chi connectivity index (χ4n) is 2.61. The fraction of sp³-hybridized carbons (Fsp3) is 0.167. The first-order valence-corrected chi connectivity index (χ1v) is 8.95. The number of fused-ring (bicyclic) bond motifs is 1. The molecule has 0 saturated heterocycles. The zero-order chi connectivity index (χ0) is 17.3. The lowest BCUT2D eigenvalue weighted by molar-refractivity contribution is 0.0515. The van der Waals surface area contributed by atoms with Gasteiger partial charge < -0.3 is 9.30 Å². The number of ether oxygens (including phenoxy) is 1. The quantitative estimate of drug-likeness (QED) is 0.483. The third-order valence-corrected chi connectivity index (χ3v) is 5.13. The summed E-state index contributed by atoms with van der Waals surface area (Å²) >= 11 is 15.6. The van der Waals surface area contributed by atoms with E-state index in [9.17, 15) is 4.79 Å². The van der Waals surface area contributed by atoms with E-state index in [1.54, 1.807) is 13.0 Å². The van der Waals surface area contributed by atoms with Gasteiger partial charge in [0.25, 0.3) is 0 Å². The molecule has 0 N–H and O–H groups in total. The van der Waals surface area contributed by atoms with Crippen LogP contribution in [0, 0.1) is 0 Å². The molecule has 1 aromatic heterocycles. The lowest BCUT2D eigenvalue weighted by Crippen LogP contribution is -2.12. The summed E-state index contributed by atoms with van der Waals surface area (Å²) in [6.45, 7) is 2.61. The Kier molecular flexibility index (Phi) is 5.18. The van der Waals surface area contributed by atoms with Gasteiger partial charge in [-0.2, -0.15) is 0 Å². The molecule has 0 spiro atoms. The molecule has 24 heavy (non-hydrogen) atoms. The van der Waals surface area contributed by atoms with Crippen LogP contribution < -0.4 is 0 Å². The first-order valence-electron chi connectivity index (χ1n) is 7.40. The molecule has 0 aliphatic rings. The molecule has 0 bridgehead atoms. The monoisotopic (exact) mass is 425 g/mol. The Bertz CT molecular complexity index is 921. The highest BCUT2D eigenvalue weighted by Gasteiger charge is 2.18. The number of rotatable bonds is 4. The van der Waals surface area contributed by atoms with Crippen LogP contribution in [0.5, 0.6) is 0 Å². The molecule has 3 rings (SSSR count). The van der Waals surface area contributed by atoms with Gasteiger partial charge in [0.1, 0.15) is 5.69 Å². The van der Waals surface area contributed by atoms with Crippen molar-refractivity contribution in [2.45, 2.75) is 13.5 Å². The van der Waals surface area contributed by atoms with Crippen LogP contribution in [0.15, 0.2) is 46.9 Å². The Morgan fingerprint density at radius 2 is 1.96 bits per heavy atom. The van der Waals surface area contributed by atoms with Gasteiger partial charge in [-0.05, 0) is 42.8 Å². The van der Waals surface area contributed by atoms with Crippen molar-refractivity contribution in [2.24, 2.45) is 0 Å². The van der Waals surface area contributed by atoms with Crippen molar-refractivity contribution >= 4 is 56.0 Å². The number of benzene rings is 2. The van der Waals surface area contributed by atoms with Gasteiger partial charge in [0.2, 0.25) is 0 Å². The molecule has 0 atom stereocenters. The number of aromatic nitrogens is 1. The maximum absolute atomic E-state index is 12.4. The molecule has 2 aromatic carbocycles. The summed E-state index contributed by atoms with van der Waals surface area (Å²) < 4.78 is 8.05. The second kappa shape index (κ2) is 7.18. The normalized spacial score (nSPS) is 11.0. The predicted octanol–water partition coefficient (Wildman–Crippen LogP) is 5.94. The molecule has 1 heterocycles. The second-order valence-electron chi connectivity index (χ2n) is 5.26. The maximum Gasteiger partial charge on any atom is 0.354 e. The van der Waals surface area contributed by atoms with Crippen LogP contribution in [0.2, 0.25) is 10.0 Å². The number of esters is 1. The van der Waals surface area contributed by atoms with Crippen molar-refractivity contribution in [1.82, 2.24) is 4.57 Å². The first-order chi connectivity index (χ1) is 11.5. The Labute approximate surface area is 158 Å². The average molecular weight is 427 g/mol. The van der Waals surface area contributed by atoms with Gasteiger partial charge in [0.05, 0.1) is 22.2 Å². The average Bonchev–Trinajstić information content (AvgIpc) is 2.91. The summed E-state index contributed by atoms with van der Waals surface area (Å²) in [6.07, 6.45) is 0. The van der Waals surface area contributed by atoms with Crippen LogP contribution in [0.25, 0.3) is 10.9 Å². The number of halogens is 3. The molecule has 0 radical (unpaired) electrons. The summed E-state index contributed by atoms with van der Waals surface area (Å²) in [7, 11) is 0. The number of carbonyl (C=O) groups is 1. The molecule has 0 unspecified atom stereocenters. The zero-order valence-corrected chi connectivity index (χ0v) is 16.0. The largest absolute Gasteiger partial charge is 0.461 e. The van der Waals surface area contributed by atoms with E-state index >= 15 is 0 Å². The Hall–Kier alpha value is -1.49. The van der Waals surface area contributed by atoms with E-state index in [2.05, 4.69) is 15.9 Å². The number of nitrogens with zero attached hydrogens (tertiary/aromatic N) is 1. The third-order valence-electron chi connectivity index (χ3n) is 3.70. The lowest BCUT2D eigenvalue weighted by atomic mass is 10.2. The van der Waals surface area contributed by atoms with Crippen LogP contribution in [0.4, 0.5) is 0 Å². The summed E-state index contributed by atoms with van der Waals surface area (Å²) in [5, 5.41) is 1.95. The minimum absolute atomic E-state index is 0.328. The van der Waals surface area contributed by atoms with Gasteiger partial charge in [0, 0.05) is 16.4 Å². The topological polar surface area (TPSA) is 31.2 Å². The first kappa shape index (κ1) is 17.3. The standard InChI is InChI=1S/C18H14BrCl2NO2/c1-2-24-18(23)17-9-12-13(19)4-3-5-16(12)22(17)10-11-6-7-14(20)15(21)8-11/h3-9H,2,10H2,1H3. The zero-order valence-electron chi connectivity index (χ0n) is 12.9. The summed E-state index contributed by atoms with van der Waals surface area (Å²) in [5.74, 6) is -0.347. The fourth-order valence-corrected chi connectivity index (χ4v) is 3.40. The molecule has 3 nitrogen and oxygen atoms in total. The van der Waals surface area contributed by atoms with Crippen LogP contribution >= 0.6 is 39.1 Å². The van der Waals surface area contributed by atoms with Gasteiger partial charge in [0.15, 0.2) is 0 Å². The van der Waals surface area contributed by atoms with E-state index in [1.165, 1.54) is 0 Å². The van der Waals surface area contributed by atoms with E-state index in [4.69, 9.17) is 27.9 Å². The van der Waals surface area contributed by atoms with Crippen molar-refractivity contribution in [3.8, 4) is 0 Å². The van der Waals surface area contributed by atoms with Gasteiger partial charge in [-0.3, -0.25) is 0 Å². The van der Waals surface area contributed by atoms with Crippen LogP contribution in [-0.4, -0.2) is 17.1 Å². The maximum atomic E-state index is 12.4. The van der Waals surface area contributed by atoms with E-state index < -0.39 is 0 Å². The van der Waals surface area contributed by atoms with Gasteiger partial charge in [-0.15, -0.1) is 0 Å². The van der Waals surface area contributed by atoms with E-state index in [-0.39, 0.29) is 5.97 Å². The van der Waals surface area contributed by atoms with Crippen molar-refractivity contribution in [3.63, 3.8) is 0 Å². The van der Waals surface area contributed by atoms with Crippen LogP contribution in [0.3, 0.4) is 0 Å². The Balaban J connectivity index is 2.13. The molecule has 6 heteroatoms. The molecule has 0 saturated carbocycles. The van der Waals surface area contributed by atoms with Crippen molar-refractivity contribution in [2.75, 3.05) is 6.61 Å². The summed E-state index contributed by atoms with van der Waals surface area (Å²) in [5.41, 5.74) is 2.40. The third kappa shape index (κ3) is 3.32. The summed E-state index contributed by atoms with van der Waals surface area (Å²) in [6, 6.07) is 13.2. The molecule has 0 aliphatic heterocycles. The van der Waals surface area contributed by atoms with E-state index in [1.807, 2.05) is 41.0 Å². The van der Waals surface area contributed by atoms with Gasteiger partial charge >= 0.3 is 5.97 Å². The van der Waals surface area contributed by atoms with E-state index in [0.717, 1.165) is 20.9 Å². The predicted molar refractivity (Wildman–Crippen MR) is 101 cm³/mol. The van der Waals surface area contributed by atoms with Gasteiger partial charge in [-0.1, -0.05) is 51.3 Å². The SMILES string of the molecule is CCOC(=O)c1cc2c(Br)cccc2n1Cc1ccc(Cl)c(Cl)c1.